The van der Waals surface area contributed by atoms with Gasteiger partial charge in [0.25, 0.3) is 0 Å². The Hall–Kier alpha value is -1.27. The number of hydrogen-bond acceptors (Lipinski definition) is 6. The van der Waals surface area contributed by atoms with E-state index < -0.39 is 0 Å². The Morgan fingerprint density at radius 1 is 1.47 bits per heavy atom. The van der Waals surface area contributed by atoms with E-state index in [1.807, 2.05) is 14.1 Å². The van der Waals surface area contributed by atoms with Gasteiger partial charge in [0.2, 0.25) is 0 Å². The van der Waals surface area contributed by atoms with Crippen LogP contribution in [0.1, 0.15) is 30.4 Å². The average molecular weight is 285 g/mol. The number of thiophene rings is 1. The minimum absolute atomic E-state index is 0.0137. The first-order valence-electron chi connectivity index (χ1n) is 6.09. The largest absolute Gasteiger partial charge is 0.492 e. The summed E-state index contributed by atoms with van der Waals surface area (Å²) < 4.78 is 5.29. The Kier molecular flexibility index (Phi) is 4.81. The highest BCUT2D eigenvalue weighted by atomic mass is 32.1. The second-order valence-corrected chi connectivity index (χ2v) is 6.34. The molecule has 0 unspecified atom stereocenters. The van der Waals surface area contributed by atoms with Crippen molar-refractivity contribution in [3.8, 4) is 5.75 Å². The highest BCUT2D eigenvalue weighted by molar-refractivity contribution is 7.19. The first-order chi connectivity index (χ1) is 8.70. The van der Waals surface area contributed by atoms with Crippen molar-refractivity contribution in [1.29, 1.82) is 0 Å². The number of nitrogens with one attached hydrogen (secondary N) is 1. The molecular weight excluding hydrogens is 262 g/mol. The lowest BCUT2D eigenvalue weighted by Crippen LogP contribution is -2.44. The van der Waals surface area contributed by atoms with Crippen molar-refractivity contribution in [1.82, 2.24) is 4.90 Å². The fourth-order valence-corrected chi connectivity index (χ4v) is 2.44. The third-order valence-electron chi connectivity index (χ3n) is 3.32. The third-order valence-corrected chi connectivity index (χ3v) is 4.56. The summed E-state index contributed by atoms with van der Waals surface area (Å²) in [5.41, 5.74) is 6.34. The molecule has 0 spiro atoms. The summed E-state index contributed by atoms with van der Waals surface area (Å²) in [5, 5.41) is 4.13. The molecule has 0 aliphatic carbocycles. The number of nitrogen functional groups attached to an aromatic ring is 1. The van der Waals surface area contributed by atoms with E-state index in [0.717, 1.165) is 11.5 Å². The predicted molar refractivity (Wildman–Crippen MR) is 81.5 cm³/mol. The van der Waals surface area contributed by atoms with E-state index in [9.17, 15) is 4.79 Å². The van der Waals surface area contributed by atoms with Crippen LogP contribution in [0.4, 0.5) is 10.7 Å². The number of ketones is 1. The van der Waals surface area contributed by atoms with Gasteiger partial charge in [-0.15, -0.1) is 11.3 Å². The molecule has 0 bridgehead atoms. The van der Waals surface area contributed by atoms with Crippen LogP contribution in [0.3, 0.4) is 0 Å². The number of rotatable bonds is 6. The minimum atomic E-state index is -0.0410. The number of anilines is 2. The summed E-state index contributed by atoms with van der Waals surface area (Å²) in [4.78, 5) is 14.2. The monoisotopic (exact) mass is 285 g/mol. The number of ether oxygens (including phenoxy) is 1. The maximum Gasteiger partial charge on any atom is 0.176 e. The molecule has 0 saturated heterocycles. The normalized spacial score (nSPS) is 11.7. The van der Waals surface area contributed by atoms with Gasteiger partial charge in [0, 0.05) is 19.0 Å². The van der Waals surface area contributed by atoms with Crippen molar-refractivity contribution < 1.29 is 9.53 Å². The van der Waals surface area contributed by atoms with Gasteiger partial charge in [-0.1, -0.05) is 0 Å². The highest BCUT2D eigenvalue weighted by Crippen LogP contribution is 2.42. The molecule has 108 valence electrons. The Balaban J connectivity index is 2.96. The minimum Gasteiger partial charge on any atom is -0.492 e. The molecule has 6 heteroatoms. The number of methoxy groups -OCH3 is 1. The Morgan fingerprint density at radius 2 is 2.05 bits per heavy atom. The van der Waals surface area contributed by atoms with Gasteiger partial charge in [-0.05, 0) is 27.9 Å². The molecule has 1 aromatic heterocycles. The Bertz CT molecular complexity index is 467. The SMILES string of the molecule is COc1c(NCC(C)(C)N(C)C)sc(C(C)=O)c1N. The van der Waals surface area contributed by atoms with Crippen LogP contribution in [0.5, 0.6) is 5.75 Å². The topological polar surface area (TPSA) is 67.6 Å². The highest BCUT2D eigenvalue weighted by Gasteiger charge is 2.24. The maximum atomic E-state index is 11.5. The summed E-state index contributed by atoms with van der Waals surface area (Å²) in [6, 6.07) is 0. The molecule has 0 amide bonds. The molecule has 5 nitrogen and oxygen atoms in total. The van der Waals surface area contributed by atoms with Crippen molar-refractivity contribution in [3.63, 3.8) is 0 Å². The number of carbonyl (C=O) groups excluding carboxylic acids is 1. The lowest BCUT2D eigenvalue weighted by atomic mass is 10.0. The molecular formula is C13H23N3O2S. The molecule has 3 N–H and O–H groups in total. The van der Waals surface area contributed by atoms with Crippen molar-refractivity contribution in [2.45, 2.75) is 26.3 Å². The van der Waals surface area contributed by atoms with Gasteiger partial charge in [0.1, 0.15) is 5.00 Å². The van der Waals surface area contributed by atoms with Gasteiger partial charge < -0.3 is 20.7 Å². The van der Waals surface area contributed by atoms with Crippen molar-refractivity contribution in [2.24, 2.45) is 0 Å². The molecule has 0 atom stereocenters. The zero-order valence-corrected chi connectivity index (χ0v) is 13.3. The molecule has 0 saturated carbocycles. The Morgan fingerprint density at radius 3 is 2.47 bits per heavy atom. The van der Waals surface area contributed by atoms with E-state index in [1.165, 1.54) is 18.3 Å². The van der Waals surface area contributed by atoms with Crippen molar-refractivity contribution in [3.05, 3.63) is 4.88 Å². The zero-order chi connectivity index (χ0) is 14.8. The number of carbonyl (C=O) groups is 1. The van der Waals surface area contributed by atoms with Crippen LogP contribution in [0.25, 0.3) is 0 Å². The number of Topliss-reactive ketones (excluding diaryl/α,β-unsaturated/α-hetero) is 1. The summed E-state index contributed by atoms with van der Waals surface area (Å²) >= 11 is 1.34. The first-order valence-corrected chi connectivity index (χ1v) is 6.91. The van der Waals surface area contributed by atoms with E-state index in [0.29, 0.717) is 16.3 Å². The van der Waals surface area contributed by atoms with E-state index in [2.05, 4.69) is 24.1 Å². The Labute approximate surface area is 118 Å². The second-order valence-electron chi connectivity index (χ2n) is 5.32. The molecule has 0 radical (unpaired) electrons. The average Bonchev–Trinajstić information content (AvgIpc) is 2.63. The van der Waals surface area contributed by atoms with Gasteiger partial charge in [-0.2, -0.15) is 0 Å². The molecule has 1 aromatic rings. The van der Waals surface area contributed by atoms with Crippen molar-refractivity contribution in [2.75, 3.05) is 38.8 Å². The van der Waals surface area contributed by atoms with E-state index in [1.54, 1.807) is 7.11 Å². The van der Waals surface area contributed by atoms with Crippen LogP contribution in [-0.2, 0) is 0 Å². The molecule has 19 heavy (non-hydrogen) atoms. The van der Waals surface area contributed by atoms with E-state index in [-0.39, 0.29) is 11.3 Å². The fraction of sp³-hybridized carbons (Fsp3) is 0.615. The van der Waals surface area contributed by atoms with Crippen LogP contribution in [0.2, 0.25) is 0 Å². The summed E-state index contributed by atoms with van der Waals surface area (Å²) in [5.74, 6) is 0.519. The fourth-order valence-electron chi connectivity index (χ4n) is 1.46. The lowest BCUT2D eigenvalue weighted by Gasteiger charge is -2.32. The standard InChI is InChI=1S/C13H23N3O2S/c1-8(17)11-9(14)10(18-6)12(19-11)15-7-13(2,3)16(4)5/h15H,7,14H2,1-6H3. The van der Waals surface area contributed by atoms with Crippen LogP contribution in [0.15, 0.2) is 0 Å². The number of nitrogens with two attached hydrogens (primary N) is 1. The molecule has 0 aliphatic rings. The van der Waals surface area contributed by atoms with Crippen molar-refractivity contribution >= 4 is 27.8 Å². The molecule has 0 fully saturated rings. The quantitative estimate of drug-likeness (QED) is 0.785. The molecule has 1 heterocycles. The second kappa shape index (κ2) is 5.79. The van der Waals surface area contributed by atoms with Gasteiger partial charge in [-0.3, -0.25) is 4.79 Å². The number of nitrogens with zero attached hydrogens (tertiary/aromatic N) is 1. The first kappa shape index (κ1) is 15.8. The van der Waals surface area contributed by atoms with Gasteiger partial charge in [-0.25, -0.2) is 0 Å². The van der Waals surface area contributed by atoms with Crippen LogP contribution in [0, 0.1) is 0 Å². The number of likely N-dealkylation sites (N-methyl/N-ethyl adjacent to an activating group) is 1. The summed E-state index contributed by atoms with van der Waals surface area (Å²) in [6.45, 7) is 6.51. The number of hydrogen-bond donors (Lipinski definition) is 2. The van der Waals surface area contributed by atoms with E-state index >= 15 is 0 Å². The predicted octanol–water partition coefficient (Wildman–Crippen LogP) is 2.29. The van der Waals surface area contributed by atoms with Gasteiger partial charge in [0.05, 0.1) is 17.7 Å². The van der Waals surface area contributed by atoms with Crippen LogP contribution >= 0.6 is 11.3 Å². The van der Waals surface area contributed by atoms with Gasteiger partial charge >= 0.3 is 0 Å². The molecule has 0 aliphatic heterocycles. The maximum absolute atomic E-state index is 11.5. The van der Waals surface area contributed by atoms with Crippen LogP contribution < -0.4 is 15.8 Å². The smallest absolute Gasteiger partial charge is 0.176 e. The van der Waals surface area contributed by atoms with E-state index in [4.69, 9.17) is 10.5 Å². The zero-order valence-electron chi connectivity index (χ0n) is 12.5. The van der Waals surface area contributed by atoms with Gasteiger partial charge in [0.15, 0.2) is 11.5 Å². The summed E-state index contributed by atoms with van der Waals surface area (Å²) in [6.07, 6.45) is 0. The summed E-state index contributed by atoms with van der Waals surface area (Å²) in [7, 11) is 5.62. The lowest BCUT2D eigenvalue weighted by molar-refractivity contribution is 0.102. The third kappa shape index (κ3) is 3.39. The molecule has 1 rings (SSSR count). The molecule has 0 aromatic carbocycles. The van der Waals surface area contributed by atoms with Crippen LogP contribution in [-0.4, -0.2) is 44.0 Å².